The number of H-pyrrole nitrogens is 1. The monoisotopic (exact) mass is 422 g/mol. The van der Waals surface area contributed by atoms with Gasteiger partial charge in [0, 0.05) is 5.56 Å². The predicted octanol–water partition coefficient (Wildman–Crippen LogP) is 4.97. The number of aromatic nitrogens is 2. The van der Waals surface area contributed by atoms with E-state index in [-0.39, 0.29) is 11.3 Å². The molecule has 5 aromatic rings. The fraction of sp³-hybridized carbons (Fsp3) is 0.0385. The van der Waals surface area contributed by atoms with Crippen LogP contribution in [0.4, 0.5) is 0 Å². The molecule has 1 heterocycles. The molecule has 0 fully saturated rings. The van der Waals surface area contributed by atoms with Gasteiger partial charge < -0.3 is 14.5 Å². The lowest BCUT2D eigenvalue weighted by atomic mass is 10.0. The van der Waals surface area contributed by atoms with Gasteiger partial charge in [-0.3, -0.25) is 4.79 Å². The van der Waals surface area contributed by atoms with Crippen LogP contribution in [0, 0.1) is 0 Å². The standard InChI is InChI=1S/C26H18N2O4/c1-31-23-15-17(24-27-21-12-5-4-10-20(21)25(29)28-24)13-14-22(23)32-26(30)19-11-6-8-16-7-2-3-9-18(16)19/h2-15H,1H3,(H,27,28,29). The molecule has 0 saturated heterocycles. The van der Waals surface area contributed by atoms with E-state index in [0.29, 0.717) is 33.6 Å². The van der Waals surface area contributed by atoms with Gasteiger partial charge in [0.15, 0.2) is 11.5 Å². The van der Waals surface area contributed by atoms with Gasteiger partial charge in [0.25, 0.3) is 5.56 Å². The van der Waals surface area contributed by atoms with Gasteiger partial charge in [-0.1, -0.05) is 48.5 Å². The predicted molar refractivity (Wildman–Crippen MR) is 123 cm³/mol. The fourth-order valence-corrected chi connectivity index (χ4v) is 3.68. The van der Waals surface area contributed by atoms with Gasteiger partial charge in [-0.25, -0.2) is 9.78 Å². The number of rotatable bonds is 4. The number of carbonyl (C=O) groups excluding carboxylic acids is 1. The molecule has 0 amide bonds. The van der Waals surface area contributed by atoms with E-state index in [4.69, 9.17) is 9.47 Å². The molecule has 1 N–H and O–H groups in total. The summed E-state index contributed by atoms with van der Waals surface area (Å²) in [5, 5.41) is 2.29. The van der Waals surface area contributed by atoms with Gasteiger partial charge in [0.1, 0.15) is 5.82 Å². The summed E-state index contributed by atoms with van der Waals surface area (Å²) in [5.41, 5.74) is 1.47. The van der Waals surface area contributed by atoms with Crippen LogP contribution < -0.4 is 15.0 Å². The number of nitrogens with one attached hydrogen (secondary N) is 1. The summed E-state index contributed by atoms with van der Waals surface area (Å²) >= 11 is 0. The molecule has 0 unspecified atom stereocenters. The molecule has 6 nitrogen and oxygen atoms in total. The number of aromatic amines is 1. The van der Waals surface area contributed by atoms with Gasteiger partial charge in [-0.15, -0.1) is 0 Å². The highest BCUT2D eigenvalue weighted by Crippen LogP contribution is 2.32. The van der Waals surface area contributed by atoms with Crippen LogP contribution in [0.2, 0.25) is 0 Å². The first-order chi connectivity index (χ1) is 15.6. The molecule has 0 saturated carbocycles. The first-order valence-electron chi connectivity index (χ1n) is 10.0. The maximum Gasteiger partial charge on any atom is 0.344 e. The van der Waals surface area contributed by atoms with Gasteiger partial charge in [0.2, 0.25) is 0 Å². The van der Waals surface area contributed by atoms with Crippen molar-refractivity contribution in [2.75, 3.05) is 7.11 Å². The summed E-state index contributed by atoms with van der Waals surface area (Å²) in [7, 11) is 1.49. The van der Waals surface area contributed by atoms with E-state index in [1.807, 2.05) is 42.5 Å². The van der Waals surface area contributed by atoms with Crippen molar-refractivity contribution < 1.29 is 14.3 Å². The normalized spacial score (nSPS) is 10.9. The van der Waals surface area contributed by atoms with Crippen molar-refractivity contribution in [3.05, 3.63) is 101 Å². The average Bonchev–Trinajstić information content (AvgIpc) is 2.84. The first kappa shape index (κ1) is 19.5. The largest absolute Gasteiger partial charge is 0.493 e. The Hall–Kier alpha value is -4.45. The average molecular weight is 422 g/mol. The quantitative estimate of drug-likeness (QED) is 0.327. The second-order valence-corrected chi connectivity index (χ2v) is 7.21. The zero-order valence-corrected chi connectivity index (χ0v) is 17.2. The minimum atomic E-state index is -0.481. The highest BCUT2D eigenvalue weighted by atomic mass is 16.6. The molecule has 0 atom stereocenters. The summed E-state index contributed by atoms with van der Waals surface area (Å²) in [4.78, 5) is 32.6. The van der Waals surface area contributed by atoms with Crippen molar-refractivity contribution in [2.24, 2.45) is 0 Å². The molecule has 0 aliphatic heterocycles. The number of hydrogen-bond donors (Lipinski definition) is 1. The van der Waals surface area contributed by atoms with Crippen molar-refractivity contribution in [3.8, 4) is 22.9 Å². The zero-order valence-electron chi connectivity index (χ0n) is 17.2. The van der Waals surface area contributed by atoms with Gasteiger partial charge in [-0.05, 0) is 47.2 Å². The second kappa shape index (κ2) is 8.00. The Kier molecular flexibility index (Phi) is 4.88. The van der Waals surface area contributed by atoms with Gasteiger partial charge in [0.05, 0.1) is 23.6 Å². The Morgan fingerprint density at radius 2 is 1.59 bits per heavy atom. The van der Waals surface area contributed by atoms with E-state index in [9.17, 15) is 9.59 Å². The van der Waals surface area contributed by atoms with E-state index < -0.39 is 5.97 Å². The maximum atomic E-state index is 12.9. The minimum Gasteiger partial charge on any atom is -0.493 e. The lowest BCUT2D eigenvalue weighted by Gasteiger charge is -2.12. The summed E-state index contributed by atoms with van der Waals surface area (Å²) < 4.78 is 11.1. The van der Waals surface area contributed by atoms with E-state index in [0.717, 1.165) is 10.8 Å². The molecule has 6 heteroatoms. The molecule has 5 rings (SSSR count). The Balaban J connectivity index is 1.50. The van der Waals surface area contributed by atoms with E-state index in [2.05, 4.69) is 9.97 Å². The van der Waals surface area contributed by atoms with Crippen molar-refractivity contribution in [1.82, 2.24) is 9.97 Å². The Labute approximate surface area is 183 Å². The topological polar surface area (TPSA) is 81.3 Å². The third-order valence-corrected chi connectivity index (χ3v) is 5.26. The van der Waals surface area contributed by atoms with E-state index in [1.165, 1.54) is 7.11 Å². The third-order valence-electron chi connectivity index (χ3n) is 5.26. The zero-order chi connectivity index (χ0) is 22.1. The summed E-state index contributed by atoms with van der Waals surface area (Å²) in [6.45, 7) is 0. The SMILES string of the molecule is COc1cc(-c2nc3ccccc3c(=O)[nH]2)ccc1OC(=O)c1cccc2ccccc12. The second-order valence-electron chi connectivity index (χ2n) is 7.21. The third kappa shape index (κ3) is 3.48. The molecule has 1 aromatic heterocycles. The maximum absolute atomic E-state index is 12.9. The molecule has 32 heavy (non-hydrogen) atoms. The molecule has 156 valence electrons. The van der Waals surface area contributed by atoms with Gasteiger partial charge in [-0.2, -0.15) is 0 Å². The van der Waals surface area contributed by atoms with Crippen LogP contribution in [0.25, 0.3) is 33.1 Å². The van der Waals surface area contributed by atoms with Crippen LogP contribution >= 0.6 is 0 Å². The number of ether oxygens (including phenoxy) is 2. The van der Waals surface area contributed by atoms with Crippen molar-refractivity contribution in [1.29, 1.82) is 0 Å². The lowest BCUT2D eigenvalue weighted by Crippen LogP contribution is -2.11. The summed E-state index contributed by atoms with van der Waals surface area (Å²) in [5.74, 6) is 0.549. The van der Waals surface area contributed by atoms with Crippen LogP contribution in [0.15, 0.2) is 89.7 Å². The molecule has 0 aliphatic rings. The Morgan fingerprint density at radius 3 is 2.44 bits per heavy atom. The fourth-order valence-electron chi connectivity index (χ4n) is 3.68. The summed E-state index contributed by atoms with van der Waals surface area (Å²) in [6, 6.07) is 25.3. The number of esters is 1. The summed E-state index contributed by atoms with van der Waals surface area (Å²) in [6.07, 6.45) is 0. The Bertz CT molecular complexity index is 1530. The Morgan fingerprint density at radius 1 is 0.844 bits per heavy atom. The van der Waals surface area contributed by atoms with Crippen LogP contribution in [0.1, 0.15) is 10.4 Å². The van der Waals surface area contributed by atoms with Crippen molar-refractivity contribution in [3.63, 3.8) is 0 Å². The number of hydrogen-bond acceptors (Lipinski definition) is 5. The number of carbonyl (C=O) groups is 1. The van der Waals surface area contributed by atoms with Gasteiger partial charge >= 0.3 is 5.97 Å². The number of methoxy groups -OCH3 is 1. The highest BCUT2D eigenvalue weighted by Gasteiger charge is 2.16. The number of fused-ring (bicyclic) bond motifs is 2. The van der Waals surface area contributed by atoms with Crippen molar-refractivity contribution >= 4 is 27.6 Å². The van der Waals surface area contributed by atoms with E-state index >= 15 is 0 Å². The van der Waals surface area contributed by atoms with Crippen LogP contribution in [0.5, 0.6) is 11.5 Å². The van der Waals surface area contributed by atoms with Crippen molar-refractivity contribution in [2.45, 2.75) is 0 Å². The minimum absolute atomic E-state index is 0.226. The number of nitrogens with zero attached hydrogens (tertiary/aromatic N) is 1. The van der Waals surface area contributed by atoms with E-state index in [1.54, 1.807) is 42.5 Å². The number of benzene rings is 4. The number of para-hydroxylation sites is 1. The van der Waals surface area contributed by atoms with Crippen LogP contribution in [-0.4, -0.2) is 23.0 Å². The molecular weight excluding hydrogens is 404 g/mol. The first-order valence-corrected chi connectivity index (χ1v) is 10.0. The smallest absolute Gasteiger partial charge is 0.344 e. The molecule has 0 radical (unpaired) electrons. The molecule has 0 spiro atoms. The van der Waals surface area contributed by atoms with Crippen LogP contribution in [0.3, 0.4) is 0 Å². The van der Waals surface area contributed by atoms with Crippen LogP contribution in [-0.2, 0) is 0 Å². The lowest BCUT2D eigenvalue weighted by molar-refractivity contribution is 0.0732. The molecular formula is C26H18N2O4. The molecule has 0 bridgehead atoms. The highest BCUT2D eigenvalue weighted by molar-refractivity contribution is 6.05. The molecule has 4 aromatic carbocycles. The molecule has 0 aliphatic carbocycles.